The Hall–Kier alpha value is -2.63. The van der Waals surface area contributed by atoms with E-state index in [4.69, 9.17) is 0 Å². The summed E-state index contributed by atoms with van der Waals surface area (Å²) in [6, 6.07) is 8.98. The Morgan fingerprint density at radius 2 is 1.81 bits per heavy atom. The van der Waals surface area contributed by atoms with Crippen molar-refractivity contribution in [1.82, 2.24) is 19.6 Å². The molecule has 27 heavy (non-hydrogen) atoms. The number of hydrogen-bond acceptors (Lipinski definition) is 5. The van der Waals surface area contributed by atoms with Crippen LogP contribution in [0.3, 0.4) is 0 Å². The van der Waals surface area contributed by atoms with Crippen LogP contribution in [0.5, 0.6) is 0 Å². The van der Waals surface area contributed by atoms with E-state index in [1.165, 1.54) is 56.4 Å². The fraction of sp³-hybridized carbons (Fsp3) is 0.476. The predicted octanol–water partition coefficient (Wildman–Crippen LogP) is 3.63. The molecular formula is C21H26N6. The number of anilines is 2. The maximum atomic E-state index is 4.58. The fourth-order valence-electron chi connectivity index (χ4n) is 4.03. The second-order valence-electron chi connectivity index (χ2n) is 7.85. The van der Waals surface area contributed by atoms with Crippen LogP contribution in [0.1, 0.15) is 49.4 Å². The molecule has 1 aliphatic carbocycles. The standard InChI is InChI=1S/C21H26N6/c1-25(15-16-5-9-18(10-6-16)26-12-3-2-4-13-26)20-21-24-23-19(17-7-8-17)27(21)14-11-22-20/h5-6,9-11,14,17H,2-4,7-8,12-13,15H2,1H3. The van der Waals surface area contributed by atoms with Gasteiger partial charge in [-0.15, -0.1) is 10.2 Å². The van der Waals surface area contributed by atoms with E-state index in [2.05, 4.69) is 60.7 Å². The molecule has 3 heterocycles. The number of benzene rings is 1. The smallest absolute Gasteiger partial charge is 0.203 e. The second kappa shape index (κ2) is 6.83. The minimum absolute atomic E-state index is 0.572. The van der Waals surface area contributed by atoms with E-state index in [1.54, 1.807) is 0 Å². The number of hydrogen-bond donors (Lipinski definition) is 0. The Bertz CT molecular complexity index is 921. The molecule has 0 spiro atoms. The van der Waals surface area contributed by atoms with Crippen LogP contribution in [0.15, 0.2) is 36.7 Å². The monoisotopic (exact) mass is 362 g/mol. The summed E-state index contributed by atoms with van der Waals surface area (Å²) in [4.78, 5) is 9.24. The van der Waals surface area contributed by atoms with Gasteiger partial charge in [0.15, 0.2) is 5.82 Å². The third kappa shape index (κ3) is 3.24. The van der Waals surface area contributed by atoms with Gasteiger partial charge >= 0.3 is 0 Å². The molecule has 0 bridgehead atoms. The normalized spacial score (nSPS) is 17.4. The van der Waals surface area contributed by atoms with Crippen molar-refractivity contribution in [3.8, 4) is 0 Å². The molecule has 1 aliphatic heterocycles. The van der Waals surface area contributed by atoms with Gasteiger partial charge in [-0.05, 0) is 49.8 Å². The highest BCUT2D eigenvalue weighted by Gasteiger charge is 2.29. The minimum atomic E-state index is 0.572. The van der Waals surface area contributed by atoms with Gasteiger partial charge in [0.1, 0.15) is 5.82 Å². The van der Waals surface area contributed by atoms with E-state index in [0.717, 1.165) is 23.8 Å². The molecule has 6 heteroatoms. The van der Waals surface area contributed by atoms with Gasteiger partial charge < -0.3 is 9.80 Å². The van der Waals surface area contributed by atoms with Gasteiger partial charge in [-0.3, -0.25) is 4.40 Å². The highest BCUT2D eigenvalue weighted by atomic mass is 15.3. The van der Waals surface area contributed by atoms with E-state index in [0.29, 0.717) is 5.92 Å². The Balaban J connectivity index is 1.34. The summed E-state index contributed by atoms with van der Waals surface area (Å²) in [6.07, 6.45) is 10.3. The molecule has 1 saturated heterocycles. The minimum Gasteiger partial charge on any atom is -0.372 e. The highest BCUT2D eigenvalue weighted by molar-refractivity contribution is 5.63. The van der Waals surface area contributed by atoms with Gasteiger partial charge in [0, 0.05) is 50.7 Å². The van der Waals surface area contributed by atoms with Crippen LogP contribution in [0, 0.1) is 0 Å². The first-order valence-corrected chi connectivity index (χ1v) is 10.0. The first kappa shape index (κ1) is 16.5. The number of piperidine rings is 1. The summed E-state index contributed by atoms with van der Waals surface area (Å²) in [6.45, 7) is 3.17. The average Bonchev–Trinajstić information content (AvgIpc) is 3.47. The van der Waals surface area contributed by atoms with Crippen molar-refractivity contribution < 1.29 is 0 Å². The molecule has 6 nitrogen and oxygen atoms in total. The van der Waals surface area contributed by atoms with Crippen LogP contribution in [0.2, 0.25) is 0 Å². The molecule has 2 aliphatic rings. The molecule has 0 amide bonds. The van der Waals surface area contributed by atoms with Crippen LogP contribution in [-0.2, 0) is 6.54 Å². The lowest BCUT2D eigenvalue weighted by Crippen LogP contribution is -2.29. The molecular weight excluding hydrogens is 336 g/mol. The van der Waals surface area contributed by atoms with Crippen LogP contribution in [0.25, 0.3) is 5.65 Å². The van der Waals surface area contributed by atoms with Gasteiger partial charge in [0.25, 0.3) is 0 Å². The van der Waals surface area contributed by atoms with Gasteiger partial charge in [0.2, 0.25) is 5.65 Å². The van der Waals surface area contributed by atoms with Crippen LogP contribution < -0.4 is 9.80 Å². The van der Waals surface area contributed by atoms with Gasteiger partial charge in [-0.25, -0.2) is 4.98 Å². The topological polar surface area (TPSA) is 49.6 Å². The fourth-order valence-corrected chi connectivity index (χ4v) is 4.03. The Morgan fingerprint density at radius 3 is 2.56 bits per heavy atom. The molecule has 3 aromatic rings. The van der Waals surface area contributed by atoms with Gasteiger partial charge in [0.05, 0.1) is 0 Å². The number of aromatic nitrogens is 4. The van der Waals surface area contributed by atoms with E-state index < -0.39 is 0 Å². The summed E-state index contributed by atoms with van der Waals surface area (Å²) in [5.41, 5.74) is 3.48. The first-order valence-electron chi connectivity index (χ1n) is 10.0. The van der Waals surface area contributed by atoms with Crippen molar-refractivity contribution in [3.63, 3.8) is 0 Å². The molecule has 0 atom stereocenters. The van der Waals surface area contributed by atoms with Crippen molar-refractivity contribution in [2.75, 3.05) is 29.9 Å². The van der Waals surface area contributed by atoms with Gasteiger partial charge in [-0.2, -0.15) is 0 Å². The number of nitrogens with zero attached hydrogens (tertiary/aromatic N) is 6. The second-order valence-corrected chi connectivity index (χ2v) is 7.85. The maximum Gasteiger partial charge on any atom is 0.203 e. The molecule has 0 unspecified atom stereocenters. The zero-order valence-corrected chi connectivity index (χ0v) is 15.9. The number of fused-ring (bicyclic) bond motifs is 1. The predicted molar refractivity (Wildman–Crippen MR) is 107 cm³/mol. The van der Waals surface area contributed by atoms with Crippen molar-refractivity contribution >= 4 is 17.2 Å². The molecule has 2 fully saturated rings. The summed E-state index contributed by atoms with van der Waals surface area (Å²) in [5.74, 6) is 2.54. The highest BCUT2D eigenvalue weighted by Crippen LogP contribution is 2.39. The lowest BCUT2D eigenvalue weighted by molar-refractivity contribution is 0.578. The lowest BCUT2D eigenvalue weighted by Gasteiger charge is -2.29. The third-order valence-corrected chi connectivity index (χ3v) is 5.72. The zero-order chi connectivity index (χ0) is 18.2. The van der Waals surface area contributed by atoms with E-state index in [1.807, 2.05) is 12.4 Å². The number of rotatable bonds is 5. The molecule has 1 aromatic carbocycles. The molecule has 1 saturated carbocycles. The molecule has 5 rings (SSSR count). The van der Waals surface area contributed by atoms with E-state index in [-0.39, 0.29) is 0 Å². The molecule has 140 valence electrons. The summed E-state index contributed by atoms with van der Waals surface area (Å²) in [5, 5.41) is 8.83. The maximum absolute atomic E-state index is 4.58. The molecule has 2 aromatic heterocycles. The van der Waals surface area contributed by atoms with Crippen molar-refractivity contribution in [3.05, 3.63) is 48.0 Å². The molecule has 0 radical (unpaired) electrons. The summed E-state index contributed by atoms with van der Waals surface area (Å²) in [7, 11) is 2.08. The van der Waals surface area contributed by atoms with Crippen LogP contribution in [0.4, 0.5) is 11.5 Å². The first-order chi connectivity index (χ1) is 13.3. The van der Waals surface area contributed by atoms with E-state index in [9.17, 15) is 0 Å². The van der Waals surface area contributed by atoms with E-state index >= 15 is 0 Å². The Kier molecular flexibility index (Phi) is 4.19. The average molecular weight is 362 g/mol. The lowest BCUT2D eigenvalue weighted by atomic mass is 10.1. The zero-order valence-electron chi connectivity index (χ0n) is 15.9. The van der Waals surface area contributed by atoms with Crippen molar-refractivity contribution in [1.29, 1.82) is 0 Å². The van der Waals surface area contributed by atoms with Crippen molar-refractivity contribution in [2.45, 2.75) is 44.6 Å². The largest absolute Gasteiger partial charge is 0.372 e. The molecule has 0 N–H and O–H groups in total. The quantitative estimate of drug-likeness (QED) is 0.694. The van der Waals surface area contributed by atoms with Crippen LogP contribution in [-0.4, -0.2) is 39.7 Å². The third-order valence-electron chi connectivity index (χ3n) is 5.72. The Morgan fingerprint density at radius 1 is 1.04 bits per heavy atom. The summed E-state index contributed by atoms with van der Waals surface area (Å²) < 4.78 is 2.11. The SMILES string of the molecule is CN(Cc1ccc(N2CCCCC2)cc1)c1nccn2c(C3CC3)nnc12. The summed E-state index contributed by atoms with van der Waals surface area (Å²) >= 11 is 0. The van der Waals surface area contributed by atoms with Crippen molar-refractivity contribution in [2.24, 2.45) is 0 Å². The Labute approximate surface area is 159 Å². The van der Waals surface area contributed by atoms with Crippen LogP contribution >= 0.6 is 0 Å². The van der Waals surface area contributed by atoms with Gasteiger partial charge in [-0.1, -0.05) is 12.1 Å².